The summed E-state index contributed by atoms with van der Waals surface area (Å²) in [5.41, 5.74) is 0.615. The number of hydrogen-bond donors (Lipinski definition) is 2. The number of alkyl halides is 2. The average Bonchev–Trinajstić information content (AvgIpc) is 2.67. The summed E-state index contributed by atoms with van der Waals surface area (Å²) >= 11 is 0. The van der Waals surface area contributed by atoms with Gasteiger partial charge in [0.25, 0.3) is 0 Å². The lowest BCUT2D eigenvalue weighted by Gasteiger charge is -2.30. The molecule has 1 heterocycles. The highest BCUT2D eigenvalue weighted by Crippen LogP contribution is 2.26. The van der Waals surface area contributed by atoms with Crippen molar-refractivity contribution in [2.45, 2.75) is 39.3 Å². The molecule has 1 aliphatic heterocycles. The lowest BCUT2D eigenvalue weighted by atomic mass is 9.99. The molecule has 2 N–H and O–H groups in total. The Hall–Kier alpha value is -1.36. The highest BCUT2D eigenvalue weighted by molar-refractivity contribution is 14.0. The third-order valence-corrected chi connectivity index (χ3v) is 4.68. The highest BCUT2D eigenvalue weighted by atomic mass is 127. The molecule has 1 atom stereocenters. The summed E-state index contributed by atoms with van der Waals surface area (Å²) in [6, 6.07) is 5.00. The quantitative estimate of drug-likeness (QED) is 0.292. The molecule has 1 unspecified atom stereocenters. The topological polar surface area (TPSA) is 58.1 Å². The lowest BCUT2D eigenvalue weighted by molar-refractivity contribution is -0.0505. The van der Waals surface area contributed by atoms with Crippen molar-refractivity contribution < 1.29 is 18.3 Å². The molecular weight excluding hydrogens is 493 g/mol. The van der Waals surface area contributed by atoms with E-state index in [1.54, 1.807) is 19.2 Å². The van der Waals surface area contributed by atoms with Gasteiger partial charge in [-0.2, -0.15) is 8.78 Å². The molecule has 29 heavy (non-hydrogen) atoms. The van der Waals surface area contributed by atoms with E-state index >= 15 is 0 Å². The third-order valence-electron chi connectivity index (χ3n) is 4.68. The molecule has 0 radical (unpaired) electrons. The van der Waals surface area contributed by atoms with Gasteiger partial charge in [0.1, 0.15) is 11.5 Å². The van der Waals surface area contributed by atoms with E-state index in [-0.39, 0.29) is 29.7 Å². The van der Waals surface area contributed by atoms with Gasteiger partial charge in [-0.3, -0.25) is 4.99 Å². The van der Waals surface area contributed by atoms with Crippen LogP contribution in [0.2, 0.25) is 0 Å². The molecule has 1 aromatic rings. The Kier molecular flexibility index (Phi) is 12.2. The number of piperidine rings is 1. The number of benzene rings is 1. The lowest BCUT2D eigenvalue weighted by Crippen LogP contribution is -2.43. The summed E-state index contributed by atoms with van der Waals surface area (Å²) < 4.78 is 35.8. The first-order valence-electron chi connectivity index (χ1n) is 9.85. The molecule has 1 aromatic carbocycles. The van der Waals surface area contributed by atoms with Crippen LogP contribution in [0.3, 0.4) is 0 Å². The second kappa shape index (κ2) is 13.8. The zero-order chi connectivity index (χ0) is 20.4. The van der Waals surface area contributed by atoms with Crippen LogP contribution in [0.5, 0.6) is 11.5 Å². The first kappa shape index (κ1) is 25.7. The fraction of sp³-hybridized carbons (Fsp3) is 0.650. The van der Waals surface area contributed by atoms with Gasteiger partial charge in [-0.1, -0.05) is 6.92 Å². The minimum atomic E-state index is -2.89. The van der Waals surface area contributed by atoms with E-state index < -0.39 is 6.61 Å². The Morgan fingerprint density at radius 3 is 2.79 bits per heavy atom. The van der Waals surface area contributed by atoms with E-state index in [0.29, 0.717) is 36.3 Å². The van der Waals surface area contributed by atoms with Gasteiger partial charge < -0.3 is 25.0 Å². The number of hydrogen-bond acceptors (Lipinski definition) is 4. The van der Waals surface area contributed by atoms with Crippen molar-refractivity contribution in [1.82, 2.24) is 15.5 Å². The molecule has 1 aliphatic rings. The van der Waals surface area contributed by atoms with Gasteiger partial charge >= 0.3 is 6.61 Å². The Morgan fingerprint density at radius 2 is 2.14 bits per heavy atom. The van der Waals surface area contributed by atoms with Crippen LogP contribution >= 0.6 is 24.0 Å². The van der Waals surface area contributed by atoms with Crippen molar-refractivity contribution in [2.75, 3.05) is 40.3 Å². The van der Waals surface area contributed by atoms with E-state index in [9.17, 15) is 8.78 Å². The second-order valence-electron chi connectivity index (χ2n) is 7.07. The second-order valence-corrected chi connectivity index (χ2v) is 7.07. The normalized spacial score (nSPS) is 17.6. The number of likely N-dealkylation sites (tertiary alicyclic amines) is 1. The van der Waals surface area contributed by atoms with Crippen LogP contribution < -0.4 is 20.1 Å². The predicted molar refractivity (Wildman–Crippen MR) is 123 cm³/mol. The van der Waals surface area contributed by atoms with Crippen molar-refractivity contribution in [3.8, 4) is 11.5 Å². The standard InChI is InChI=1S/C20H32F2N4O2.HI/c1-4-10-27-17-8-7-16(18(11-17)28-19(21)22)13-25-20(23-2)24-12-15-6-5-9-26(3)14-15;/h7-8,11,15,19H,4-6,9-10,12-14H2,1-3H3,(H2,23,24,25);1H. The van der Waals surface area contributed by atoms with E-state index in [4.69, 9.17) is 4.74 Å². The Labute approximate surface area is 189 Å². The molecular formula is C20H33F2IN4O2. The van der Waals surface area contributed by atoms with Crippen LogP contribution in [0, 0.1) is 5.92 Å². The van der Waals surface area contributed by atoms with Crippen LogP contribution in [0.25, 0.3) is 0 Å². The summed E-state index contributed by atoms with van der Waals surface area (Å²) in [6.45, 7) is 2.98. The summed E-state index contributed by atoms with van der Waals surface area (Å²) in [5.74, 6) is 1.85. The molecule has 0 aromatic heterocycles. The molecule has 0 aliphatic carbocycles. The van der Waals surface area contributed by atoms with Gasteiger partial charge in [0, 0.05) is 38.3 Å². The van der Waals surface area contributed by atoms with Gasteiger partial charge in [0.15, 0.2) is 5.96 Å². The monoisotopic (exact) mass is 526 g/mol. The molecule has 9 heteroatoms. The fourth-order valence-electron chi connectivity index (χ4n) is 3.28. The van der Waals surface area contributed by atoms with E-state index in [2.05, 4.69) is 32.3 Å². The van der Waals surface area contributed by atoms with Crippen LogP contribution in [0.15, 0.2) is 23.2 Å². The molecule has 0 amide bonds. The van der Waals surface area contributed by atoms with Crippen molar-refractivity contribution in [1.29, 1.82) is 0 Å². The average molecular weight is 526 g/mol. The number of ether oxygens (including phenoxy) is 2. The Balaban J connectivity index is 0.00000420. The number of halogens is 3. The van der Waals surface area contributed by atoms with Gasteiger partial charge in [-0.15, -0.1) is 24.0 Å². The van der Waals surface area contributed by atoms with Gasteiger partial charge in [-0.05, 0) is 50.9 Å². The molecule has 1 fully saturated rings. The van der Waals surface area contributed by atoms with Crippen molar-refractivity contribution in [2.24, 2.45) is 10.9 Å². The smallest absolute Gasteiger partial charge is 0.387 e. The van der Waals surface area contributed by atoms with Crippen molar-refractivity contribution in [3.05, 3.63) is 23.8 Å². The summed E-state index contributed by atoms with van der Waals surface area (Å²) in [4.78, 5) is 6.56. The fourth-order valence-corrected chi connectivity index (χ4v) is 3.28. The van der Waals surface area contributed by atoms with E-state index in [1.165, 1.54) is 18.9 Å². The van der Waals surface area contributed by atoms with E-state index in [1.807, 2.05) is 6.92 Å². The summed E-state index contributed by atoms with van der Waals surface area (Å²) in [7, 11) is 3.83. The maximum atomic E-state index is 12.8. The van der Waals surface area contributed by atoms with Gasteiger partial charge in [0.05, 0.1) is 6.61 Å². The first-order valence-corrected chi connectivity index (χ1v) is 9.85. The molecule has 1 saturated heterocycles. The first-order chi connectivity index (χ1) is 13.5. The number of nitrogens with one attached hydrogen (secondary N) is 2. The zero-order valence-electron chi connectivity index (χ0n) is 17.4. The number of rotatable bonds is 9. The molecule has 166 valence electrons. The maximum absolute atomic E-state index is 12.8. The summed E-state index contributed by atoms with van der Waals surface area (Å²) in [5, 5.41) is 6.50. The molecule has 6 nitrogen and oxygen atoms in total. The molecule has 0 bridgehead atoms. The predicted octanol–water partition coefficient (Wildman–Crippen LogP) is 3.70. The minimum absolute atomic E-state index is 0. The maximum Gasteiger partial charge on any atom is 0.387 e. The van der Waals surface area contributed by atoms with Gasteiger partial charge in [0.2, 0.25) is 0 Å². The zero-order valence-corrected chi connectivity index (χ0v) is 19.7. The van der Waals surface area contributed by atoms with Crippen molar-refractivity contribution >= 4 is 29.9 Å². The molecule has 2 rings (SSSR count). The number of nitrogens with zero attached hydrogens (tertiary/aromatic N) is 2. The SMILES string of the molecule is CCCOc1ccc(CNC(=NC)NCC2CCCN(C)C2)c(OC(F)F)c1.I. The number of aliphatic imine (C=N–C) groups is 1. The minimum Gasteiger partial charge on any atom is -0.493 e. The van der Waals surface area contributed by atoms with Crippen molar-refractivity contribution in [3.63, 3.8) is 0 Å². The van der Waals surface area contributed by atoms with Gasteiger partial charge in [-0.25, -0.2) is 0 Å². The van der Waals surface area contributed by atoms with Crippen LogP contribution in [0.4, 0.5) is 8.78 Å². The van der Waals surface area contributed by atoms with Crippen LogP contribution in [0.1, 0.15) is 31.7 Å². The van der Waals surface area contributed by atoms with E-state index in [0.717, 1.165) is 26.1 Å². The van der Waals surface area contributed by atoms with Crippen LogP contribution in [-0.4, -0.2) is 57.8 Å². The van der Waals surface area contributed by atoms with Crippen LogP contribution in [-0.2, 0) is 6.54 Å². The molecule has 0 saturated carbocycles. The Bertz CT molecular complexity index is 634. The largest absolute Gasteiger partial charge is 0.493 e. The Morgan fingerprint density at radius 1 is 1.34 bits per heavy atom. The highest BCUT2D eigenvalue weighted by Gasteiger charge is 2.17. The molecule has 0 spiro atoms. The number of guanidine groups is 1. The third kappa shape index (κ3) is 9.33. The summed E-state index contributed by atoms with van der Waals surface area (Å²) in [6.07, 6.45) is 3.24.